The molecule has 1 rings (SSSR count). The Morgan fingerprint density at radius 1 is 1.25 bits per heavy atom. The summed E-state index contributed by atoms with van der Waals surface area (Å²) in [5, 5.41) is 10.2. The molecule has 0 aliphatic carbocycles. The summed E-state index contributed by atoms with van der Waals surface area (Å²) < 4.78 is 2.06. The molecule has 0 atom stereocenters. The third-order valence-electron chi connectivity index (χ3n) is 3.49. The van der Waals surface area contributed by atoms with Crippen LogP contribution in [0.1, 0.15) is 58.0 Å². The highest BCUT2D eigenvalue weighted by Gasteiger charge is 2.17. The molecular weight excluding hydrogens is 252 g/mol. The predicted octanol–water partition coefficient (Wildman–Crippen LogP) is 3.07. The molecule has 20 heavy (non-hydrogen) atoms. The zero-order valence-corrected chi connectivity index (χ0v) is 13.4. The molecule has 114 valence electrons. The quantitative estimate of drug-likeness (QED) is 0.835. The van der Waals surface area contributed by atoms with Crippen LogP contribution in [0.2, 0.25) is 0 Å². The first-order valence-electron chi connectivity index (χ1n) is 7.58. The fraction of sp³-hybridized carbons (Fsp3) is 0.688. The van der Waals surface area contributed by atoms with Crippen molar-refractivity contribution in [1.82, 2.24) is 9.47 Å². The number of aryl methyl sites for hydroxylation is 1. The SMILES string of the molecule is CCCN(CCC)Cc1c(O)c(=O)cc(C)n1C(C)C. The van der Waals surface area contributed by atoms with E-state index in [9.17, 15) is 9.90 Å². The Morgan fingerprint density at radius 3 is 2.25 bits per heavy atom. The molecule has 0 aliphatic heterocycles. The third kappa shape index (κ3) is 3.85. The smallest absolute Gasteiger partial charge is 0.223 e. The van der Waals surface area contributed by atoms with Crippen LogP contribution in [0.15, 0.2) is 10.9 Å². The number of hydrogen-bond acceptors (Lipinski definition) is 3. The monoisotopic (exact) mass is 280 g/mol. The van der Waals surface area contributed by atoms with Crippen molar-refractivity contribution in [2.24, 2.45) is 0 Å². The zero-order chi connectivity index (χ0) is 15.3. The summed E-state index contributed by atoms with van der Waals surface area (Å²) in [5.41, 5.74) is 1.37. The lowest BCUT2D eigenvalue weighted by Crippen LogP contribution is -2.29. The van der Waals surface area contributed by atoms with Crippen molar-refractivity contribution in [3.63, 3.8) is 0 Å². The molecule has 1 aromatic heterocycles. The van der Waals surface area contributed by atoms with Gasteiger partial charge in [0, 0.05) is 24.3 Å². The number of aromatic hydroxyl groups is 1. The molecule has 0 bridgehead atoms. The van der Waals surface area contributed by atoms with Gasteiger partial charge in [0.25, 0.3) is 0 Å². The summed E-state index contributed by atoms with van der Waals surface area (Å²) in [6.07, 6.45) is 2.14. The van der Waals surface area contributed by atoms with Crippen LogP contribution in [0.5, 0.6) is 5.75 Å². The molecule has 0 aromatic carbocycles. The number of pyridine rings is 1. The fourth-order valence-electron chi connectivity index (χ4n) is 2.78. The van der Waals surface area contributed by atoms with E-state index in [2.05, 4.69) is 37.2 Å². The van der Waals surface area contributed by atoms with Crippen LogP contribution in [-0.2, 0) is 6.54 Å². The lowest BCUT2D eigenvalue weighted by atomic mass is 10.2. The molecule has 0 amide bonds. The molecule has 0 saturated heterocycles. The topological polar surface area (TPSA) is 45.5 Å². The zero-order valence-electron chi connectivity index (χ0n) is 13.4. The van der Waals surface area contributed by atoms with E-state index in [-0.39, 0.29) is 17.2 Å². The summed E-state index contributed by atoms with van der Waals surface area (Å²) in [7, 11) is 0. The maximum atomic E-state index is 11.9. The molecule has 0 fully saturated rings. The van der Waals surface area contributed by atoms with Crippen LogP contribution < -0.4 is 5.43 Å². The van der Waals surface area contributed by atoms with Gasteiger partial charge < -0.3 is 9.67 Å². The summed E-state index contributed by atoms with van der Waals surface area (Å²) in [5.74, 6) is -0.0958. The van der Waals surface area contributed by atoms with E-state index in [1.807, 2.05) is 6.92 Å². The molecule has 0 saturated carbocycles. The standard InChI is InChI=1S/C16H28N2O2/c1-6-8-17(9-7-2)11-14-16(20)15(19)10-13(5)18(14)12(3)4/h10,12,20H,6-9,11H2,1-5H3. The predicted molar refractivity (Wildman–Crippen MR) is 83.3 cm³/mol. The second-order valence-electron chi connectivity index (χ2n) is 5.69. The lowest BCUT2D eigenvalue weighted by Gasteiger charge is -2.27. The average molecular weight is 280 g/mol. The van der Waals surface area contributed by atoms with Gasteiger partial charge in [0.05, 0.1) is 5.69 Å². The van der Waals surface area contributed by atoms with Gasteiger partial charge in [-0.2, -0.15) is 0 Å². The van der Waals surface area contributed by atoms with Crippen LogP contribution in [0.25, 0.3) is 0 Å². The van der Waals surface area contributed by atoms with Crippen LogP contribution >= 0.6 is 0 Å². The maximum absolute atomic E-state index is 11.9. The Kier molecular flexibility index (Phi) is 6.27. The van der Waals surface area contributed by atoms with Gasteiger partial charge in [-0.25, -0.2) is 0 Å². The Balaban J connectivity index is 3.23. The molecule has 4 nitrogen and oxygen atoms in total. The van der Waals surface area contributed by atoms with Crippen molar-refractivity contribution in [3.8, 4) is 5.75 Å². The van der Waals surface area contributed by atoms with Gasteiger partial charge in [0.1, 0.15) is 0 Å². The molecule has 1 aromatic rings. The summed E-state index contributed by atoms with van der Waals surface area (Å²) in [6, 6.07) is 1.74. The van der Waals surface area contributed by atoms with Crippen LogP contribution in [-0.4, -0.2) is 27.7 Å². The van der Waals surface area contributed by atoms with Crippen LogP contribution in [0.3, 0.4) is 0 Å². The van der Waals surface area contributed by atoms with Crippen LogP contribution in [0.4, 0.5) is 0 Å². The molecule has 4 heteroatoms. The van der Waals surface area contributed by atoms with Gasteiger partial charge in [-0.3, -0.25) is 9.69 Å². The van der Waals surface area contributed by atoms with E-state index >= 15 is 0 Å². The van der Waals surface area contributed by atoms with Crippen molar-refractivity contribution in [2.45, 2.75) is 60.0 Å². The number of hydrogen-bond donors (Lipinski definition) is 1. The van der Waals surface area contributed by atoms with Crippen molar-refractivity contribution < 1.29 is 5.11 Å². The average Bonchev–Trinajstić information content (AvgIpc) is 2.35. The number of nitrogens with zero attached hydrogens (tertiary/aromatic N) is 2. The minimum atomic E-state index is -0.276. The van der Waals surface area contributed by atoms with E-state index < -0.39 is 0 Å². The maximum Gasteiger partial charge on any atom is 0.223 e. The molecule has 0 aliphatic rings. The van der Waals surface area contributed by atoms with Gasteiger partial charge in [-0.15, -0.1) is 0 Å². The first kappa shape index (κ1) is 16.8. The van der Waals surface area contributed by atoms with Gasteiger partial charge >= 0.3 is 0 Å². The van der Waals surface area contributed by atoms with Gasteiger partial charge in [0.2, 0.25) is 5.43 Å². The number of rotatable bonds is 7. The normalized spacial score (nSPS) is 11.6. The fourth-order valence-corrected chi connectivity index (χ4v) is 2.78. The van der Waals surface area contributed by atoms with E-state index in [1.165, 1.54) is 6.07 Å². The van der Waals surface area contributed by atoms with Crippen molar-refractivity contribution in [2.75, 3.05) is 13.1 Å². The molecule has 1 N–H and O–H groups in total. The van der Waals surface area contributed by atoms with Gasteiger partial charge in [-0.05, 0) is 46.7 Å². The molecular formula is C16H28N2O2. The second kappa shape index (κ2) is 7.48. The van der Waals surface area contributed by atoms with E-state index in [1.54, 1.807) is 0 Å². The van der Waals surface area contributed by atoms with Crippen molar-refractivity contribution in [3.05, 3.63) is 27.7 Å². The van der Waals surface area contributed by atoms with Crippen LogP contribution in [0, 0.1) is 6.92 Å². The largest absolute Gasteiger partial charge is 0.503 e. The Hall–Kier alpha value is -1.29. The molecule has 0 radical (unpaired) electrons. The highest BCUT2D eigenvalue weighted by molar-refractivity contribution is 5.30. The van der Waals surface area contributed by atoms with E-state index in [0.717, 1.165) is 37.3 Å². The highest BCUT2D eigenvalue weighted by atomic mass is 16.3. The summed E-state index contributed by atoms with van der Waals surface area (Å²) >= 11 is 0. The Labute approximate surface area is 122 Å². The molecule has 1 heterocycles. The van der Waals surface area contributed by atoms with Gasteiger partial charge in [-0.1, -0.05) is 13.8 Å². The Morgan fingerprint density at radius 2 is 1.80 bits per heavy atom. The molecule has 0 spiro atoms. The van der Waals surface area contributed by atoms with Crippen molar-refractivity contribution in [1.29, 1.82) is 0 Å². The summed E-state index contributed by atoms with van der Waals surface area (Å²) in [6.45, 7) is 13.0. The van der Waals surface area contributed by atoms with E-state index in [0.29, 0.717) is 6.54 Å². The minimum absolute atomic E-state index is 0.0958. The third-order valence-corrected chi connectivity index (χ3v) is 3.49. The summed E-state index contributed by atoms with van der Waals surface area (Å²) in [4.78, 5) is 14.1. The Bertz CT molecular complexity index is 486. The minimum Gasteiger partial charge on any atom is -0.503 e. The number of aromatic nitrogens is 1. The highest BCUT2D eigenvalue weighted by Crippen LogP contribution is 2.21. The van der Waals surface area contributed by atoms with Crippen molar-refractivity contribution >= 4 is 0 Å². The van der Waals surface area contributed by atoms with E-state index in [4.69, 9.17) is 0 Å². The molecule has 0 unspecified atom stereocenters. The first-order chi connectivity index (χ1) is 9.42. The lowest BCUT2D eigenvalue weighted by molar-refractivity contribution is 0.251. The first-order valence-corrected chi connectivity index (χ1v) is 7.58. The second-order valence-corrected chi connectivity index (χ2v) is 5.69. The van der Waals surface area contributed by atoms with Gasteiger partial charge in [0.15, 0.2) is 5.75 Å².